The number of nitrogens with zero attached hydrogens (tertiary/aromatic N) is 1. The lowest BCUT2D eigenvalue weighted by Crippen LogP contribution is -1.85. The molecule has 0 saturated carbocycles. The molecule has 1 aromatic heterocycles. The van der Waals surface area contributed by atoms with Crippen molar-refractivity contribution in [2.45, 2.75) is 0 Å². The highest BCUT2D eigenvalue weighted by atomic mass is 35.5. The summed E-state index contributed by atoms with van der Waals surface area (Å²) >= 11 is 11.7. The molecule has 0 amide bonds. The van der Waals surface area contributed by atoms with Gasteiger partial charge in [0.25, 0.3) is 0 Å². The van der Waals surface area contributed by atoms with Crippen molar-refractivity contribution < 1.29 is 9.15 Å². The van der Waals surface area contributed by atoms with Crippen molar-refractivity contribution in [3.05, 3.63) is 40.7 Å². The van der Waals surface area contributed by atoms with Crippen LogP contribution < -0.4 is 4.74 Å². The second-order valence-electron chi connectivity index (χ2n) is 2.40. The van der Waals surface area contributed by atoms with Crippen molar-refractivity contribution >= 4 is 23.2 Å². The molecule has 2 rings (SSSR count). The van der Waals surface area contributed by atoms with E-state index >= 15 is 0 Å². The third kappa shape index (κ3) is 1.84. The van der Waals surface area contributed by atoms with Crippen LogP contribution in [0.1, 0.15) is 0 Å². The van der Waals surface area contributed by atoms with E-state index in [-0.39, 0.29) is 6.08 Å². The fourth-order valence-corrected chi connectivity index (χ4v) is 1.37. The fourth-order valence-electron chi connectivity index (χ4n) is 0.897. The van der Waals surface area contributed by atoms with Crippen molar-refractivity contribution in [3.63, 3.8) is 0 Å². The standard InChI is InChI=1S/C9H4Cl2NO2/c10-6-2-1-3-7(11)8(6)14-9-12-4-5-13-9/h1-4H. The molecular formula is C9H4Cl2NO2. The second-order valence-corrected chi connectivity index (χ2v) is 3.21. The number of ether oxygens (including phenoxy) is 1. The summed E-state index contributed by atoms with van der Waals surface area (Å²) in [5.41, 5.74) is 0. The van der Waals surface area contributed by atoms with Gasteiger partial charge in [0.15, 0.2) is 12.0 Å². The number of benzene rings is 1. The average Bonchev–Trinajstić information content (AvgIpc) is 2.64. The summed E-state index contributed by atoms with van der Waals surface area (Å²) in [4.78, 5) is 3.73. The smallest absolute Gasteiger partial charge is 0.399 e. The maximum atomic E-state index is 5.86. The van der Waals surface area contributed by atoms with Gasteiger partial charge in [0.05, 0.1) is 16.2 Å². The van der Waals surface area contributed by atoms with Gasteiger partial charge >= 0.3 is 6.08 Å². The van der Waals surface area contributed by atoms with E-state index in [9.17, 15) is 0 Å². The monoisotopic (exact) mass is 228 g/mol. The van der Waals surface area contributed by atoms with Gasteiger partial charge in [-0.05, 0) is 12.1 Å². The molecule has 1 aromatic carbocycles. The Kier molecular flexibility index (Phi) is 2.61. The Labute approximate surface area is 90.2 Å². The molecule has 2 aromatic rings. The quantitative estimate of drug-likeness (QED) is 0.789. The predicted molar refractivity (Wildman–Crippen MR) is 51.9 cm³/mol. The van der Waals surface area contributed by atoms with Gasteiger partial charge < -0.3 is 9.15 Å². The first-order valence-electron chi connectivity index (χ1n) is 3.71. The maximum absolute atomic E-state index is 5.86. The van der Waals surface area contributed by atoms with E-state index in [0.717, 1.165) is 0 Å². The molecule has 0 spiro atoms. The molecular weight excluding hydrogens is 225 g/mol. The predicted octanol–water partition coefficient (Wildman–Crippen LogP) is 3.57. The van der Waals surface area contributed by atoms with E-state index in [1.165, 1.54) is 6.20 Å². The molecule has 0 saturated heterocycles. The van der Waals surface area contributed by atoms with Crippen LogP contribution in [0.15, 0.2) is 28.8 Å². The molecule has 5 heteroatoms. The van der Waals surface area contributed by atoms with Gasteiger partial charge in [-0.2, -0.15) is 4.98 Å². The Hall–Kier alpha value is -1.19. The molecule has 3 nitrogen and oxygen atoms in total. The number of hydrogen-bond acceptors (Lipinski definition) is 3. The lowest BCUT2D eigenvalue weighted by molar-refractivity contribution is 0.328. The van der Waals surface area contributed by atoms with Crippen molar-refractivity contribution in [1.29, 1.82) is 0 Å². The lowest BCUT2D eigenvalue weighted by atomic mass is 10.3. The summed E-state index contributed by atoms with van der Waals surface area (Å²) < 4.78 is 9.98. The van der Waals surface area contributed by atoms with Crippen LogP contribution in [0.2, 0.25) is 10.0 Å². The average molecular weight is 229 g/mol. The normalized spacial score (nSPS) is 10.1. The van der Waals surface area contributed by atoms with Gasteiger partial charge in [0, 0.05) is 0 Å². The zero-order valence-corrected chi connectivity index (χ0v) is 8.34. The first-order valence-corrected chi connectivity index (χ1v) is 4.46. The molecule has 0 aliphatic carbocycles. The van der Waals surface area contributed by atoms with Crippen LogP contribution in [0.5, 0.6) is 11.8 Å². The summed E-state index contributed by atoms with van der Waals surface area (Å²) in [5, 5.41) is 0.798. The molecule has 14 heavy (non-hydrogen) atoms. The maximum Gasteiger partial charge on any atom is 0.399 e. The Bertz CT molecular complexity index is 408. The van der Waals surface area contributed by atoms with Gasteiger partial charge in [-0.1, -0.05) is 29.3 Å². The highest BCUT2D eigenvalue weighted by Gasteiger charge is 2.09. The zero-order chi connectivity index (χ0) is 9.97. The topological polar surface area (TPSA) is 35.3 Å². The minimum atomic E-state index is 0.0556. The van der Waals surface area contributed by atoms with Crippen LogP contribution in [0.25, 0.3) is 0 Å². The third-order valence-electron chi connectivity index (χ3n) is 1.48. The molecule has 71 valence electrons. The highest BCUT2D eigenvalue weighted by Crippen LogP contribution is 2.35. The van der Waals surface area contributed by atoms with Crippen LogP contribution in [0.3, 0.4) is 0 Å². The Morgan fingerprint density at radius 2 is 2.00 bits per heavy atom. The Balaban J connectivity index is 2.33. The summed E-state index contributed by atoms with van der Waals surface area (Å²) in [6.07, 6.45) is 3.79. The van der Waals surface area contributed by atoms with E-state index in [4.69, 9.17) is 32.4 Å². The van der Waals surface area contributed by atoms with Crippen molar-refractivity contribution in [1.82, 2.24) is 4.98 Å². The molecule has 0 fully saturated rings. The minimum absolute atomic E-state index is 0.0556. The van der Waals surface area contributed by atoms with Crippen molar-refractivity contribution in [2.24, 2.45) is 0 Å². The Morgan fingerprint density at radius 3 is 2.57 bits per heavy atom. The van der Waals surface area contributed by atoms with Gasteiger partial charge in [0.2, 0.25) is 0 Å². The van der Waals surface area contributed by atoms with Crippen LogP contribution in [-0.4, -0.2) is 4.98 Å². The number of rotatable bonds is 2. The van der Waals surface area contributed by atoms with E-state index in [1.807, 2.05) is 0 Å². The van der Waals surface area contributed by atoms with Gasteiger partial charge in [0.1, 0.15) is 0 Å². The third-order valence-corrected chi connectivity index (χ3v) is 2.07. The molecule has 0 bridgehead atoms. The SMILES string of the molecule is Clc1cccc(Cl)c1Oc1nc[c]o1. The van der Waals surface area contributed by atoms with Gasteiger partial charge in [-0.3, -0.25) is 0 Å². The first kappa shape index (κ1) is 9.37. The highest BCUT2D eigenvalue weighted by molar-refractivity contribution is 6.37. The van der Waals surface area contributed by atoms with E-state index < -0.39 is 0 Å². The van der Waals surface area contributed by atoms with Gasteiger partial charge in [-0.25, -0.2) is 0 Å². The Morgan fingerprint density at radius 1 is 1.29 bits per heavy atom. The summed E-state index contributed by atoms with van der Waals surface area (Å²) in [6.45, 7) is 0. The van der Waals surface area contributed by atoms with E-state index in [1.54, 1.807) is 18.2 Å². The fraction of sp³-hybridized carbons (Fsp3) is 0. The van der Waals surface area contributed by atoms with E-state index in [2.05, 4.69) is 11.2 Å². The largest absolute Gasteiger partial charge is 0.408 e. The number of hydrogen-bond donors (Lipinski definition) is 0. The number of para-hydroxylation sites is 1. The van der Waals surface area contributed by atoms with Crippen molar-refractivity contribution in [2.75, 3.05) is 0 Å². The van der Waals surface area contributed by atoms with Crippen LogP contribution in [0, 0.1) is 6.26 Å². The summed E-state index contributed by atoms with van der Waals surface area (Å²) in [7, 11) is 0. The number of halogens is 2. The van der Waals surface area contributed by atoms with Crippen LogP contribution in [0.4, 0.5) is 0 Å². The molecule has 1 radical (unpaired) electrons. The zero-order valence-electron chi connectivity index (χ0n) is 6.83. The molecule has 0 unspecified atom stereocenters. The second kappa shape index (κ2) is 3.90. The minimum Gasteiger partial charge on any atom is -0.408 e. The van der Waals surface area contributed by atoms with E-state index in [0.29, 0.717) is 15.8 Å². The number of oxazole rings is 1. The molecule has 0 aliphatic heterocycles. The van der Waals surface area contributed by atoms with Crippen molar-refractivity contribution in [3.8, 4) is 11.8 Å². The van der Waals surface area contributed by atoms with Crippen LogP contribution >= 0.6 is 23.2 Å². The number of aromatic nitrogens is 1. The molecule has 0 atom stereocenters. The first-order chi connectivity index (χ1) is 6.77. The molecule has 0 N–H and O–H groups in total. The molecule has 1 heterocycles. The van der Waals surface area contributed by atoms with Gasteiger partial charge in [-0.15, -0.1) is 0 Å². The summed E-state index contributed by atoms with van der Waals surface area (Å²) in [5.74, 6) is 0.326. The molecule has 0 aliphatic rings. The summed E-state index contributed by atoms with van der Waals surface area (Å²) in [6, 6.07) is 5.05. The van der Waals surface area contributed by atoms with Crippen LogP contribution in [-0.2, 0) is 0 Å². The lowest BCUT2D eigenvalue weighted by Gasteiger charge is -2.04.